The molecule has 1 aliphatic rings. The summed E-state index contributed by atoms with van der Waals surface area (Å²) >= 11 is 0. The zero-order valence-corrected chi connectivity index (χ0v) is 11.4. The molecule has 19 heavy (non-hydrogen) atoms. The highest BCUT2D eigenvalue weighted by Crippen LogP contribution is 2.19. The molecule has 6 nitrogen and oxygen atoms in total. The fourth-order valence-corrected chi connectivity index (χ4v) is 2.47. The van der Waals surface area contributed by atoms with Gasteiger partial charge in [-0.05, 0) is 45.8 Å². The third kappa shape index (κ3) is 3.64. The Morgan fingerprint density at radius 2 is 2.21 bits per heavy atom. The molecule has 0 aromatic carbocycles. The number of aromatic nitrogens is 1. The highest BCUT2D eigenvalue weighted by Gasteiger charge is 2.16. The lowest BCUT2D eigenvalue weighted by Gasteiger charge is -2.21. The van der Waals surface area contributed by atoms with Gasteiger partial charge in [0.25, 0.3) is 5.69 Å². The molecular formula is C13H20N4O2. The van der Waals surface area contributed by atoms with Crippen molar-refractivity contribution in [2.24, 2.45) is 0 Å². The molecule has 1 aromatic rings. The van der Waals surface area contributed by atoms with Gasteiger partial charge in [0.1, 0.15) is 12.0 Å². The fraction of sp³-hybridized carbons (Fsp3) is 0.615. The van der Waals surface area contributed by atoms with Gasteiger partial charge >= 0.3 is 0 Å². The average molecular weight is 264 g/mol. The van der Waals surface area contributed by atoms with Crippen LogP contribution in [0.2, 0.25) is 0 Å². The summed E-state index contributed by atoms with van der Waals surface area (Å²) in [6.45, 7) is 7.15. The van der Waals surface area contributed by atoms with E-state index in [0.29, 0.717) is 11.4 Å². The third-order valence-corrected chi connectivity index (χ3v) is 3.40. The summed E-state index contributed by atoms with van der Waals surface area (Å²) in [5.41, 5.74) is 0.702. The number of hydrogen-bond donors (Lipinski definition) is 1. The van der Waals surface area contributed by atoms with E-state index in [-0.39, 0.29) is 11.7 Å². The van der Waals surface area contributed by atoms with Crippen LogP contribution in [-0.2, 0) is 0 Å². The van der Waals surface area contributed by atoms with E-state index in [1.807, 2.05) is 0 Å². The van der Waals surface area contributed by atoms with Gasteiger partial charge in [-0.2, -0.15) is 0 Å². The molecule has 1 saturated heterocycles. The van der Waals surface area contributed by atoms with Crippen molar-refractivity contribution in [1.82, 2.24) is 9.88 Å². The molecule has 0 bridgehead atoms. The third-order valence-electron chi connectivity index (χ3n) is 3.40. The largest absolute Gasteiger partial charge is 0.366 e. The van der Waals surface area contributed by atoms with E-state index in [1.54, 1.807) is 13.0 Å². The van der Waals surface area contributed by atoms with Gasteiger partial charge in [0.15, 0.2) is 0 Å². The van der Waals surface area contributed by atoms with Gasteiger partial charge in [-0.25, -0.2) is 4.98 Å². The topological polar surface area (TPSA) is 71.3 Å². The fourth-order valence-electron chi connectivity index (χ4n) is 2.47. The van der Waals surface area contributed by atoms with E-state index < -0.39 is 4.92 Å². The van der Waals surface area contributed by atoms with E-state index in [1.165, 1.54) is 32.1 Å². The number of nitro groups is 1. The molecule has 1 unspecified atom stereocenters. The van der Waals surface area contributed by atoms with Gasteiger partial charge in [-0.1, -0.05) is 0 Å². The molecule has 1 atom stereocenters. The van der Waals surface area contributed by atoms with Gasteiger partial charge in [0, 0.05) is 18.2 Å². The summed E-state index contributed by atoms with van der Waals surface area (Å²) in [4.78, 5) is 16.9. The minimum absolute atomic E-state index is 0.0674. The lowest BCUT2D eigenvalue weighted by molar-refractivity contribution is -0.385. The van der Waals surface area contributed by atoms with Crippen LogP contribution in [0, 0.1) is 17.0 Å². The molecule has 1 aliphatic heterocycles. The van der Waals surface area contributed by atoms with Crippen LogP contribution in [-0.4, -0.2) is 40.5 Å². The van der Waals surface area contributed by atoms with E-state index in [2.05, 4.69) is 22.1 Å². The van der Waals surface area contributed by atoms with E-state index in [4.69, 9.17) is 0 Å². The second-order valence-electron chi connectivity index (χ2n) is 5.17. The standard InChI is InChI=1S/C13H20N4O2/c1-10-7-13(14-8-12(10)17(18)19)15-11(2)9-16-5-3-4-6-16/h7-8,11H,3-6,9H2,1-2H3,(H,14,15). The lowest BCUT2D eigenvalue weighted by Crippen LogP contribution is -2.33. The van der Waals surface area contributed by atoms with Gasteiger partial charge in [-0.15, -0.1) is 0 Å². The van der Waals surface area contributed by atoms with Crippen LogP contribution in [0.3, 0.4) is 0 Å². The smallest absolute Gasteiger partial charge is 0.290 e. The summed E-state index contributed by atoms with van der Waals surface area (Å²) in [5.74, 6) is 0.704. The van der Waals surface area contributed by atoms with Crippen molar-refractivity contribution in [2.75, 3.05) is 25.0 Å². The first-order valence-corrected chi connectivity index (χ1v) is 6.66. The van der Waals surface area contributed by atoms with Crippen molar-refractivity contribution < 1.29 is 4.92 Å². The molecule has 2 rings (SSSR count). The number of anilines is 1. The van der Waals surface area contributed by atoms with Crippen LogP contribution < -0.4 is 5.32 Å². The first-order valence-electron chi connectivity index (χ1n) is 6.66. The molecule has 0 aliphatic carbocycles. The Labute approximate surface area is 113 Å². The molecule has 1 aromatic heterocycles. The van der Waals surface area contributed by atoms with E-state index in [0.717, 1.165) is 6.54 Å². The minimum atomic E-state index is -0.403. The van der Waals surface area contributed by atoms with Crippen molar-refractivity contribution in [3.05, 3.63) is 27.9 Å². The molecule has 0 amide bonds. The van der Waals surface area contributed by atoms with Crippen LogP contribution in [0.4, 0.5) is 11.5 Å². The first kappa shape index (κ1) is 13.7. The number of nitrogens with one attached hydrogen (secondary N) is 1. The van der Waals surface area contributed by atoms with Crippen molar-refractivity contribution >= 4 is 11.5 Å². The lowest BCUT2D eigenvalue weighted by atomic mass is 10.2. The van der Waals surface area contributed by atoms with Crippen molar-refractivity contribution in [3.63, 3.8) is 0 Å². The van der Waals surface area contributed by atoms with Gasteiger partial charge in [0.2, 0.25) is 0 Å². The molecule has 0 spiro atoms. The number of nitrogens with zero attached hydrogens (tertiary/aromatic N) is 3. The van der Waals surface area contributed by atoms with E-state index in [9.17, 15) is 10.1 Å². The number of aryl methyl sites for hydroxylation is 1. The number of hydrogen-bond acceptors (Lipinski definition) is 5. The molecule has 2 heterocycles. The van der Waals surface area contributed by atoms with Crippen LogP contribution >= 0.6 is 0 Å². The predicted molar refractivity (Wildman–Crippen MR) is 74.4 cm³/mol. The van der Waals surface area contributed by atoms with Crippen LogP contribution in [0.25, 0.3) is 0 Å². The maximum absolute atomic E-state index is 10.7. The molecule has 1 fully saturated rings. The quantitative estimate of drug-likeness (QED) is 0.652. The second kappa shape index (κ2) is 5.97. The van der Waals surface area contributed by atoms with Crippen LogP contribution in [0.15, 0.2) is 12.3 Å². The molecule has 1 N–H and O–H groups in total. The molecule has 104 valence electrons. The number of likely N-dealkylation sites (tertiary alicyclic amines) is 1. The molecule has 6 heteroatoms. The molecule has 0 saturated carbocycles. The molecule has 0 radical (unpaired) electrons. The molecular weight excluding hydrogens is 244 g/mol. The summed E-state index contributed by atoms with van der Waals surface area (Å²) in [5, 5.41) is 14.0. The zero-order chi connectivity index (χ0) is 13.8. The van der Waals surface area contributed by atoms with Crippen LogP contribution in [0.1, 0.15) is 25.3 Å². The highest BCUT2D eigenvalue weighted by molar-refractivity contribution is 5.47. The Morgan fingerprint density at radius 1 is 1.53 bits per heavy atom. The number of pyridine rings is 1. The Balaban J connectivity index is 1.94. The van der Waals surface area contributed by atoms with E-state index >= 15 is 0 Å². The van der Waals surface area contributed by atoms with Crippen LogP contribution in [0.5, 0.6) is 0 Å². The van der Waals surface area contributed by atoms with Gasteiger partial charge in [-0.3, -0.25) is 10.1 Å². The highest BCUT2D eigenvalue weighted by atomic mass is 16.6. The Kier molecular flexibility index (Phi) is 4.31. The Bertz CT molecular complexity index is 458. The summed E-state index contributed by atoms with van der Waals surface area (Å²) in [7, 11) is 0. The van der Waals surface area contributed by atoms with Gasteiger partial charge < -0.3 is 10.2 Å². The number of rotatable bonds is 5. The summed E-state index contributed by atoms with van der Waals surface area (Å²) in [6.07, 6.45) is 3.88. The summed E-state index contributed by atoms with van der Waals surface area (Å²) in [6, 6.07) is 2.02. The van der Waals surface area contributed by atoms with Crippen molar-refractivity contribution in [1.29, 1.82) is 0 Å². The normalized spacial score (nSPS) is 17.4. The van der Waals surface area contributed by atoms with Crippen molar-refractivity contribution in [3.8, 4) is 0 Å². The zero-order valence-electron chi connectivity index (χ0n) is 11.4. The Morgan fingerprint density at radius 3 is 2.79 bits per heavy atom. The van der Waals surface area contributed by atoms with Crippen molar-refractivity contribution in [2.45, 2.75) is 32.7 Å². The Hall–Kier alpha value is -1.69. The summed E-state index contributed by atoms with van der Waals surface area (Å²) < 4.78 is 0. The second-order valence-corrected chi connectivity index (χ2v) is 5.17. The maximum Gasteiger partial charge on any atom is 0.290 e. The SMILES string of the molecule is Cc1cc(NC(C)CN2CCCC2)ncc1[N+](=O)[O-]. The monoisotopic (exact) mass is 264 g/mol. The predicted octanol–water partition coefficient (Wildman–Crippen LogP) is 2.19. The minimum Gasteiger partial charge on any atom is -0.366 e. The first-order chi connectivity index (χ1) is 9.06. The average Bonchev–Trinajstić information content (AvgIpc) is 2.81. The maximum atomic E-state index is 10.7. The van der Waals surface area contributed by atoms with Gasteiger partial charge in [0.05, 0.1) is 4.92 Å².